The molecule has 1 amide bonds. The second kappa shape index (κ2) is 9.47. The van der Waals surface area contributed by atoms with Gasteiger partial charge in [0.05, 0.1) is 19.3 Å². The number of rotatable bonds is 6. The lowest BCUT2D eigenvalue weighted by Crippen LogP contribution is -2.48. The van der Waals surface area contributed by atoms with Crippen molar-refractivity contribution in [2.45, 2.75) is 0 Å². The van der Waals surface area contributed by atoms with Crippen molar-refractivity contribution in [3.8, 4) is 17.0 Å². The standard InChI is InChI=1S/C22H23ClN4O2S/c1-29-19-4-2-3-16(13-19)20-15-30-22(25-20)27-11-9-26(10-12-27)14-21(28)24-18-7-5-17(23)6-8-18/h2-8,13,15H,9-12,14H2,1H3,(H,24,28). The fourth-order valence-electron chi connectivity index (χ4n) is 3.36. The molecule has 1 aliphatic heterocycles. The van der Waals surface area contributed by atoms with Gasteiger partial charge < -0.3 is 15.0 Å². The van der Waals surface area contributed by atoms with Gasteiger partial charge in [-0.1, -0.05) is 23.7 Å². The Hall–Kier alpha value is -2.61. The summed E-state index contributed by atoms with van der Waals surface area (Å²) in [5.41, 5.74) is 2.77. The number of halogens is 1. The average Bonchev–Trinajstić information content (AvgIpc) is 3.26. The molecule has 0 radical (unpaired) electrons. The number of hydrogen-bond acceptors (Lipinski definition) is 6. The lowest BCUT2D eigenvalue weighted by Gasteiger charge is -2.34. The molecule has 0 atom stereocenters. The van der Waals surface area contributed by atoms with Gasteiger partial charge in [0, 0.05) is 47.8 Å². The Labute approximate surface area is 185 Å². The molecule has 0 saturated carbocycles. The number of carbonyl (C=O) groups excluding carboxylic acids is 1. The SMILES string of the molecule is COc1cccc(-c2csc(N3CCN(CC(=O)Nc4ccc(Cl)cc4)CC3)n2)c1. The van der Waals surface area contributed by atoms with Gasteiger partial charge in [-0.2, -0.15) is 0 Å². The van der Waals surface area contributed by atoms with Crippen molar-refractivity contribution in [2.75, 3.05) is 50.1 Å². The minimum Gasteiger partial charge on any atom is -0.497 e. The van der Waals surface area contributed by atoms with E-state index in [-0.39, 0.29) is 5.91 Å². The predicted molar refractivity (Wildman–Crippen MR) is 123 cm³/mol. The zero-order chi connectivity index (χ0) is 20.9. The zero-order valence-electron chi connectivity index (χ0n) is 16.7. The lowest BCUT2D eigenvalue weighted by atomic mass is 10.2. The summed E-state index contributed by atoms with van der Waals surface area (Å²) in [7, 11) is 1.67. The summed E-state index contributed by atoms with van der Waals surface area (Å²) < 4.78 is 5.31. The maximum Gasteiger partial charge on any atom is 0.238 e. The molecule has 1 aromatic heterocycles. The fourth-order valence-corrected chi connectivity index (χ4v) is 4.37. The summed E-state index contributed by atoms with van der Waals surface area (Å²) in [5, 5.41) is 6.66. The van der Waals surface area contributed by atoms with E-state index in [1.807, 2.05) is 24.3 Å². The summed E-state index contributed by atoms with van der Waals surface area (Å²) in [6, 6.07) is 15.1. The quantitative estimate of drug-likeness (QED) is 0.619. The molecule has 4 rings (SSSR count). The van der Waals surface area contributed by atoms with Crippen molar-refractivity contribution in [1.82, 2.24) is 9.88 Å². The Kier molecular flexibility index (Phi) is 6.52. The van der Waals surface area contributed by atoms with Gasteiger partial charge in [-0.15, -0.1) is 11.3 Å². The molecule has 2 aromatic carbocycles. The van der Waals surface area contributed by atoms with Crippen LogP contribution in [0.2, 0.25) is 5.02 Å². The molecule has 30 heavy (non-hydrogen) atoms. The van der Waals surface area contributed by atoms with Crippen LogP contribution in [0.1, 0.15) is 0 Å². The van der Waals surface area contributed by atoms with Crippen molar-refractivity contribution in [1.29, 1.82) is 0 Å². The number of methoxy groups -OCH3 is 1. The molecule has 1 saturated heterocycles. The van der Waals surface area contributed by atoms with Gasteiger partial charge in [0.1, 0.15) is 5.75 Å². The number of carbonyl (C=O) groups is 1. The van der Waals surface area contributed by atoms with E-state index >= 15 is 0 Å². The van der Waals surface area contributed by atoms with Crippen molar-refractivity contribution in [2.24, 2.45) is 0 Å². The average molecular weight is 443 g/mol. The molecule has 2 heterocycles. The summed E-state index contributed by atoms with van der Waals surface area (Å²) in [5.74, 6) is 0.813. The normalized spacial score (nSPS) is 14.5. The van der Waals surface area contributed by atoms with Crippen LogP contribution >= 0.6 is 22.9 Å². The Morgan fingerprint density at radius 2 is 1.93 bits per heavy atom. The second-order valence-corrected chi connectivity index (χ2v) is 8.34. The predicted octanol–water partition coefficient (Wildman–Crippen LogP) is 4.23. The van der Waals surface area contributed by atoms with Crippen LogP contribution in [-0.4, -0.2) is 55.6 Å². The van der Waals surface area contributed by atoms with Gasteiger partial charge >= 0.3 is 0 Å². The molecule has 1 aliphatic rings. The number of hydrogen-bond donors (Lipinski definition) is 1. The van der Waals surface area contributed by atoms with Crippen LogP contribution in [0.5, 0.6) is 5.75 Å². The molecule has 8 heteroatoms. The highest BCUT2D eigenvalue weighted by Crippen LogP contribution is 2.29. The highest BCUT2D eigenvalue weighted by molar-refractivity contribution is 7.14. The van der Waals surface area contributed by atoms with E-state index in [1.54, 1.807) is 42.7 Å². The number of piperazine rings is 1. The van der Waals surface area contributed by atoms with Crippen molar-refractivity contribution in [3.63, 3.8) is 0 Å². The molecule has 6 nitrogen and oxygen atoms in total. The number of nitrogens with zero attached hydrogens (tertiary/aromatic N) is 3. The fraction of sp³-hybridized carbons (Fsp3) is 0.273. The van der Waals surface area contributed by atoms with E-state index in [0.717, 1.165) is 54.0 Å². The van der Waals surface area contributed by atoms with Crippen LogP contribution in [0.15, 0.2) is 53.9 Å². The Morgan fingerprint density at radius 3 is 2.67 bits per heavy atom. The molecular formula is C22H23ClN4O2S. The van der Waals surface area contributed by atoms with E-state index in [4.69, 9.17) is 21.3 Å². The third-order valence-corrected chi connectivity index (χ3v) is 6.15. The largest absolute Gasteiger partial charge is 0.497 e. The number of amides is 1. The van der Waals surface area contributed by atoms with Gasteiger partial charge in [0.25, 0.3) is 0 Å². The second-order valence-electron chi connectivity index (χ2n) is 7.07. The number of nitrogens with one attached hydrogen (secondary N) is 1. The molecule has 1 fully saturated rings. The minimum absolute atomic E-state index is 0.0136. The third kappa shape index (κ3) is 5.11. The Bertz CT molecular complexity index is 1000. The molecule has 1 N–H and O–H groups in total. The number of benzene rings is 2. The highest BCUT2D eigenvalue weighted by atomic mass is 35.5. The maximum absolute atomic E-state index is 12.3. The molecular weight excluding hydrogens is 420 g/mol. The molecule has 0 bridgehead atoms. The zero-order valence-corrected chi connectivity index (χ0v) is 18.2. The van der Waals surface area contributed by atoms with E-state index in [1.165, 1.54) is 0 Å². The maximum atomic E-state index is 12.3. The highest BCUT2D eigenvalue weighted by Gasteiger charge is 2.21. The number of anilines is 2. The van der Waals surface area contributed by atoms with Crippen LogP contribution in [0.4, 0.5) is 10.8 Å². The van der Waals surface area contributed by atoms with Gasteiger partial charge in [-0.05, 0) is 36.4 Å². The number of aromatic nitrogens is 1. The first kappa shape index (κ1) is 20.7. The van der Waals surface area contributed by atoms with Crippen LogP contribution < -0.4 is 15.0 Å². The van der Waals surface area contributed by atoms with Crippen LogP contribution in [0, 0.1) is 0 Å². The van der Waals surface area contributed by atoms with Gasteiger partial charge in [-0.25, -0.2) is 4.98 Å². The third-order valence-electron chi connectivity index (χ3n) is 5.00. The van der Waals surface area contributed by atoms with E-state index in [0.29, 0.717) is 11.6 Å². The van der Waals surface area contributed by atoms with Crippen LogP contribution in [0.3, 0.4) is 0 Å². The van der Waals surface area contributed by atoms with Crippen LogP contribution in [-0.2, 0) is 4.79 Å². The summed E-state index contributed by atoms with van der Waals surface area (Å²) in [6.07, 6.45) is 0. The summed E-state index contributed by atoms with van der Waals surface area (Å²) >= 11 is 7.53. The first-order valence-corrected chi connectivity index (χ1v) is 11.0. The topological polar surface area (TPSA) is 57.7 Å². The first-order valence-electron chi connectivity index (χ1n) is 9.73. The molecule has 0 unspecified atom stereocenters. The van der Waals surface area contributed by atoms with Crippen molar-refractivity contribution in [3.05, 3.63) is 58.9 Å². The number of thiazole rings is 1. The van der Waals surface area contributed by atoms with Gasteiger partial charge in [-0.3, -0.25) is 9.69 Å². The lowest BCUT2D eigenvalue weighted by molar-refractivity contribution is -0.117. The van der Waals surface area contributed by atoms with E-state index in [2.05, 4.69) is 20.5 Å². The Balaban J connectivity index is 1.30. The van der Waals surface area contributed by atoms with Crippen molar-refractivity contribution < 1.29 is 9.53 Å². The van der Waals surface area contributed by atoms with Crippen LogP contribution in [0.25, 0.3) is 11.3 Å². The summed E-state index contributed by atoms with van der Waals surface area (Å²) in [6.45, 7) is 3.71. The van der Waals surface area contributed by atoms with Gasteiger partial charge in [0.15, 0.2) is 5.13 Å². The van der Waals surface area contributed by atoms with E-state index < -0.39 is 0 Å². The minimum atomic E-state index is -0.0136. The molecule has 156 valence electrons. The monoisotopic (exact) mass is 442 g/mol. The summed E-state index contributed by atoms with van der Waals surface area (Å²) in [4.78, 5) is 21.6. The number of ether oxygens (including phenoxy) is 1. The van der Waals surface area contributed by atoms with E-state index in [9.17, 15) is 4.79 Å². The molecule has 3 aromatic rings. The smallest absolute Gasteiger partial charge is 0.238 e. The van der Waals surface area contributed by atoms with Gasteiger partial charge in [0.2, 0.25) is 5.91 Å². The molecule has 0 spiro atoms. The Morgan fingerprint density at radius 1 is 1.17 bits per heavy atom. The first-order chi connectivity index (χ1) is 14.6. The van der Waals surface area contributed by atoms with Crippen molar-refractivity contribution >= 4 is 39.7 Å². The molecule has 0 aliphatic carbocycles.